The van der Waals surface area contributed by atoms with E-state index in [0.29, 0.717) is 12.3 Å². The molecule has 0 bridgehead atoms. The largest absolute Gasteiger partial charge is 0.489 e. The van der Waals surface area contributed by atoms with E-state index in [0.717, 1.165) is 34.0 Å². The Morgan fingerprint density at radius 1 is 1.00 bits per heavy atom. The lowest BCUT2D eigenvalue weighted by Gasteiger charge is -2.11. The molecule has 1 aromatic heterocycles. The monoisotopic (exact) mass is 491 g/mol. The maximum absolute atomic E-state index is 12.7. The van der Waals surface area contributed by atoms with Gasteiger partial charge in [0, 0.05) is 22.8 Å². The van der Waals surface area contributed by atoms with Gasteiger partial charge in [0.15, 0.2) is 0 Å². The Kier molecular flexibility index (Phi) is 7.51. The van der Waals surface area contributed by atoms with Crippen molar-refractivity contribution in [3.63, 3.8) is 0 Å². The highest BCUT2D eigenvalue weighted by molar-refractivity contribution is 6.10. The molecule has 0 spiro atoms. The first-order valence-electron chi connectivity index (χ1n) is 11.6. The maximum Gasteiger partial charge on any atom is 0.335 e. The zero-order chi connectivity index (χ0) is 26.4. The fourth-order valence-electron chi connectivity index (χ4n) is 4.00. The average molecular weight is 492 g/mol. The molecular formula is C30H25N3O4. The molecule has 1 amide bonds. The number of benzene rings is 3. The predicted molar refractivity (Wildman–Crippen MR) is 142 cm³/mol. The lowest BCUT2D eigenvalue weighted by molar-refractivity contribution is -0.112. The summed E-state index contributed by atoms with van der Waals surface area (Å²) in [5.41, 5.74) is 4.80. The van der Waals surface area contributed by atoms with E-state index in [9.17, 15) is 14.9 Å². The summed E-state index contributed by atoms with van der Waals surface area (Å²) < 4.78 is 7.92. The Labute approximate surface area is 214 Å². The van der Waals surface area contributed by atoms with Crippen LogP contribution in [0.25, 0.3) is 11.8 Å². The first-order valence-corrected chi connectivity index (χ1v) is 11.6. The topological polar surface area (TPSA) is 104 Å². The number of aromatic nitrogens is 1. The number of anilines is 1. The van der Waals surface area contributed by atoms with Crippen molar-refractivity contribution < 1.29 is 19.4 Å². The zero-order valence-electron chi connectivity index (χ0n) is 20.4. The zero-order valence-corrected chi connectivity index (χ0v) is 20.4. The smallest absolute Gasteiger partial charge is 0.335 e. The number of ether oxygens (including phenoxy) is 1. The normalized spacial score (nSPS) is 11.0. The summed E-state index contributed by atoms with van der Waals surface area (Å²) >= 11 is 0. The molecule has 0 unspecified atom stereocenters. The van der Waals surface area contributed by atoms with Gasteiger partial charge in [-0.2, -0.15) is 5.26 Å². The van der Waals surface area contributed by atoms with Gasteiger partial charge in [-0.15, -0.1) is 0 Å². The van der Waals surface area contributed by atoms with Crippen LogP contribution in [0.5, 0.6) is 5.75 Å². The number of carbonyl (C=O) groups is 2. The van der Waals surface area contributed by atoms with Crippen LogP contribution in [0.4, 0.5) is 5.69 Å². The number of hydrogen-bond donors (Lipinski definition) is 2. The molecule has 0 aliphatic rings. The molecule has 0 saturated heterocycles. The molecule has 7 nitrogen and oxygen atoms in total. The summed E-state index contributed by atoms with van der Waals surface area (Å²) in [4.78, 5) is 23.9. The molecule has 0 atom stereocenters. The molecule has 184 valence electrons. The van der Waals surface area contributed by atoms with Gasteiger partial charge < -0.3 is 19.7 Å². The summed E-state index contributed by atoms with van der Waals surface area (Å²) in [6.45, 7) is 4.35. The molecule has 0 aliphatic heterocycles. The lowest BCUT2D eigenvalue weighted by Crippen LogP contribution is -2.14. The van der Waals surface area contributed by atoms with E-state index >= 15 is 0 Å². The van der Waals surface area contributed by atoms with Crippen molar-refractivity contribution in [2.24, 2.45) is 0 Å². The van der Waals surface area contributed by atoms with Crippen LogP contribution < -0.4 is 10.1 Å². The maximum atomic E-state index is 12.7. The van der Waals surface area contributed by atoms with E-state index in [2.05, 4.69) is 5.32 Å². The van der Waals surface area contributed by atoms with Gasteiger partial charge in [-0.25, -0.2) is 4.79 Å². The first kappa shape index (κ1) is 25.0. The van der Waals surface area contributed by atoms with Crippen molar-refractivity contribution >= 4 is 23.6 Å². The molecule has 7 heteroatoms. The predicted octanol–water partition coefficient (Wildman–Crippen LogP) is 5.92. The Morgan fingerprint density at radius 2 is 1.73 bits per heavy atom. The van der Waals surface area contributed by atoms with Crippen molar-refractivity contribution in [2.75, 3.05) is 5.32 Å². The van der Waals surface area contributed by atoms with Crippen molar-refractivity contribution in [3.8, 4) is 17.5 Å². The number of carboxylic acids is 1. The van der Waals surface area contributed by atoms with Gasteiger partial charge in [0.2, 0.25) is 0 Å². The standard InChI is InChI=1S/C30H25N3O4/c1-20-15-24(16-25(18-31)29(34)32-26-10-6-9-23(17-26)30(35)36)21(2)33(20)27-11-13-28(14-12-27)37-19-22-7-4-3-5-8-22/h3-17H,19H2,1-2H3,(H,32,34)(H,35,36)/b25-16-. The SMILES string of the molecule is Cc1cc(/C=C(/C#N)C(=O)Nc2cccc(C(=O)O)c2)c(C)n1-c1ccc(OCc2ccccc2)cc1. The van der Waals surface area contributed by atoms with Crippen LogP contribution in [0.3, 0.4) is 0 Å². The third-order valence-corrected chi connectivity index (χ3v) is 5.85. The van der Waals surface area contributed by atoms with Crippen LogP contribution in [0.15, 0.2) is 90.5 Å². The molecule has 0 saturated carbocycles. The molecule has 0 aliphatic carbocycles. The second-order valence-electron chi connectivity index (χ2n) is 8.44. The van der Waals surface area contributed by atoms with Gasteiger partial charge in [-0.3, -0.25) is 4.79 Å². The Bertz CT molecular complexity index is 1510. The van der Waals surface area contributed by atoms with E-state index in [4.69, 9.17) is 9.84 Å². The minimum absolute atomic E-state index is 0.0420. The number of carbonyl (C=O) groups excluding carboxylic acids is 1. The third kappa shape index (κ3) is 5.95. The number of hydrogen-bond acceptors (Lipinski definition) is 4. The van der Waals surface area contributed by atoms with Crippen LogP contribution in [0.1, 0.15) is 32.9 Å². The van der Waals surface area contributed by atoms with Gasteiger partial charge >= 0.3 is 5.97 Å². The number of aromatic carboxylic acids is 1. The van der Waals surface area contributed by atoms with Gasteiger partial charge in [-0.1, -0.05) is 36.4 Å². The summed E-state index contributed by atoms with van der Waals surface area (Å²) in [5.74, 6) is -0.962. The van der Waals surface area contributed by atoms with E-state index in [1.807, 2.05) is 85.1 Å². The number of rotatable bonds is 8. The number of amides is 1. The molecule has 4 rings (SSSR count). The molecule has 0 fully saturated rings. The number of carboxylic acid groups (broad SMARTS) is 1. The summed E-state index contributed by atoms with van der Waals surface area (Å²) in [6, 6.07) is 27.4. The molecular weight excluding hydrogens is 466 g/mol. The quantitative estimate of drug-likeness (QED) is 0.235. The number of nitrogens with one attached hydrogen (secondary N) is 1. The molecule has 4 aromatic rings. The molecule has 0 radical (unpaired) electrons. The van der Waals surface area contributed by atoms with Crippen LogP contribution in [-0.4, -0.2) is 21.6 Å². The second kappa shape index (κ2) is 11.1. The second-order valence-corrected chi connectivity index (χ2v) is 8.44. The summed E-state index contributed by atoms with van der Waals surface area (Å²) in [5, 5.41) is 21.4. The van der Waals surface area contributed by atoms with Gasteiger partial charge in [-0.05, 0) is 79.6 Å². The van der Waals surface area contributed by atoms with Crippen LogP contribution >= 0.6 is 0 Å². The van der Waals surface area contributed by atoms with Crippen LogP contribution in [-0.2, 0) is 11.4 Å². The van der Waals surface area contributed by atoms with E-state index in [-0.39, 0.29) is 11.1 Å². The Hall–Kier alpha value is -5.09. The van der Waals surface area contributed by atoms with Crippen molar-refractivity contribution in [1.29, 1.82) is 5.26 Å². The van der Waals surface area contributed by atoms with Crippen molar-refractivity contribution in [3.05, 3.63) is 119 Å². The third-order valence-electron chi connectivity index (χ3n) is 5.85. The number of nitriles is 1. The molecule has 1 heterocycles. The Balaban J connectivity index is 1.52. The fraction of sp³-hybridized carbons (Fsp3) is 0.100. The number of nitrogens with zero attached hydrogens (tertiary/aromatic N) is 2. The lowest BCUT2D eigenvalue weighted by atomic mass is 10.1. The number of aryl methyl sites for hydroxylation is 1. The van der Waals surface area contributed by atoms with E-state index in [1.54, 1.807) is 6.07 Å². The van der Waals surface area contributed by atoms with Crippen LogP contribution in [0, 0.1) is 25.2 Å². The van der Waals surface area contributed by atoms with E-state index < -0.39 is 11.9 Å². The van der Waals surface area contributed by atoms with E-state index in [1.165, 1.54) is 24.3 Å². The first-order chi connectivity index (χ1) is 17.9. The minimum Gasteiger partial charge on any atom is -0.489 e. The van der Waals surface area contributed by atoms with Gasteiger partial charge in [0.05, 0.1) is 5.56 Å². The van der Waals surface area contributed by atoms with Gasteiger partial charge in [0.1, 0.15) is 24.0 Å². The van der Waals surface area contributed by atoms with Crippen molar-refractivity contribution in [2.45, 2.75) is 20.5 Å². The highest BCUT2D eigenvalue weighted by Gasteiger charge is 2.15. The molecule has 2 N–H and O–H groups in total. The fourth-order valence-corrected chi connectivity index (χ4v) is 4.00. The van der Waals surface area contributed by atoms with Crippen LogP contribution in [0.2, 0.25) is 0 Å². The van der Waals surface area contributed by atoms with Crippen molar-refractivity contribution in [1.82, 2.24) is 4.57 Å². The molecule has 3 aromatic carbocycles. The highest BCUT2D eigenvalue weighted by Crippen LogP contribution is 2.25. The summed E-state index contributed by atoms with van der Waals surface area (Å²) in [6.07, 6.45) is 1.53. The average Bonchev–Trinajstić information content (AvgIpc) is 3.19. The Morgan fingerprint density at radius 3 is 2.41 bits per heavy atom. The highest BCUT2D eigenvalue weighted by atomic mass is 16.5. The minimum atomic E-state index is -1.10. The summed E-state index contributed by atoms with van der Waals surface area (Å²) in [7, 11) is 0. The van der Waals surface area contributed by atoms with Gasteiger partial charge in [0.25, 0.3) is 5.91 Å². The molecule has 37 heavy (non-hydrogen) atoms.